The fourth-order valence-electron chi connectivity index (χ4n) is 5.16. The smallest absolute Gasteiger partial charge is 0.323 e. The molecule has 1 saturated heterocycles. The van der Waals surface area contributed by atoms with Gasteiger partial charge in [-0.2, -0.15) is 0 Å². The van der Waals surface area contributed by atoms with E-state index in [-0.39, 0.29) is 34.9 Å². The van der Waals surface area contributed by atoms with E-state index in [2.05, 4.69) is 16.0 Å². The average molecular weight is 516 g/mol. The van der Waals surface area contributed by atoms with E-state index < -0.39 is 6.03 Å². The zero-order valence-corrected chi connectivity index (χ0v) is 21.2. The van der Waals surface area contributed by atoms with Gasteiger partial charge in [0.1, 0.15) is 11.4 Å². The first-order valence-electron chi connectivity index (χ1n) is 12.4. The molecule has 1 aromatic heterocycles. The average Bonchev–Trinajstić information content (AvgIpc) is 2.91. The van der Waals surface area contributed by atoms with Crippen molar-refractivity contribution in [3.05, 3.63) is 82.3 Å². The van der Waals surface area contributed by atoms with Crippen LogP contribution in [0.2, 0.25) is 0 Å². The molecule has 2 aromatic carbocycles. The Labute approximate surface area is 219 Å². The number of carbonyl (C=O) groups is 3. The first kappa shape index (κ1) is 25.1. The summed E-state index contributed by atoms with van der Waals surface area (Å²) < 4.78 is 6.88. The number of methoxy groups -OCH3 is 1. The van der Waals surface area contributed by atoms with Gasteiger partial charge in [-0.3, -0.25) is 9.59 Å². The highest BCUT2D eigenvalue weighted by Crippen LogP contribution is 2.35. The van der Waals surface area contributed by atoms with Crippen LogP contribution in [0, 0.1) is 5.92 Å². The largest absolute Gasteiger partial charge is 0.497 e. The van der Waals surface area contributed by atoms with E-state index in [9.17, 15) is 19.2 Å². The molecule has 38 heavy (non-hydrogen) atoms. The predicted octanol–water partition coefficient (Wildman–Crippen LogP) is 4.35. The number of ketones is 1. The van der Waals surface area contributed by atoms with Crippen molar-refractivity contribution < 1.29 is 19.1 Å². The van der Waals surface area contributed by atoms with E-state index >= 15 is 0 Å². The number of rotatable bonds is 5. The van der Waals surface area contributed by atoms with Crippen LogP contribution in [0.3, 0.4) is 0 Å². The summed E-state index contributed by atoms with van der Waals surface area (Å²) in [4.78, 5) is 51.9. The van der Waals surface area contributed by atoms with E-state index in [4.69, 9.17) is 4.74 Å². The second kappa shape index (κ2) is 10.4. The highest BCUT2D eigenvalue weighted by molar-refractivity contribution is 6.00. The van der Waals surface area contributed by atoms with Crippen molar-refractivity contribution in [2.24, 2.45) is 5.92 Å². The third-order valence-corrected chi connectivity index (χ3v) is 7.03. The molecule has 2 aliphatic heterocycles. The molecule has 10 nitrogen and oxygen atoms in total. The van der Waals surface area contributed by atoms with Gasteiger partial charge in [0.15, 0.2) is 5.78 Å². The molecule has 0 saturated carbocycles. The zero-order chi connectivity index (χ0) is 26.8. The summed E-state index contributed by atoms with van der Waals surface area (Å²) in [6.07, 6.45) is 0.898. The molecule has 0 aliphatic carbocycles. The molecule has 3 aromatic rings. The Morgan fingerprint density at radius 2 is 1.53 bits per heavy atom. The van der Waals surface area contributed by atoms with Crippen molar-refractivity contribution in [3.8, 4) is 5.75 Å². The van der Waals surface area contributed by atoms with Gasteiger partial charge in [-0.05, 0) is 79.9 Å². The number of urea groups is 2. The standard InChI is InChI=1S/C28H29N5O5/c1-17(34)19-3-5-21(6-4-19)29-27(36)31-24-11-12-25-20-13-18(15-33(25)26(24)35)14-32(16-20)28(37)30-22-7-9-23(38-2)10-8-22/h3-12,18,20H,13-16H2,1-2H3,(H,30,37)(H2,29,31,36)/t18-,20+/m0/s1. The molecular formula is C28H29N5O5. The first-order valence-corrected chi connectivity index (χ1v) is 12.4. The number of fused-ring (bicyclic) bond motifs is 4. The highest BCUT2D eigenvalue weighted by Gasteiger charge is 2.36. The number of nitrogens with one attached hydrogen (secondary N) is 3. The van der Waals surface area contributed by atoms with Gasteiger partial charge in [-0.1, -0.05) is 0 Å². The van der Waals surface area contributed by atoms with Crippen molar-refractivity contribution in [2.45, 2.75) is 25.8 Å². The Morgan fingerprint density at radius 1 is 0.842 bits per heavy atom. The quantitative estimate of drug-likeness (QED) is 0.436. The van der Waals surface area contributed by atoms with Crippen LogP contribution in [0.1, 0.15) is 35.3 Å². The molecular weight excluding hydrogens is 486 g/mol. The number of pyridine rings is 1. The fourth-order valence-corrected chi connectivity index (χ4v) is 5.16. The fraction of sp³-hybridized carbons (Fsp3) is 0.286. The molecule has 10 heteroatoms. The van der Waals surface area contributed by atoms with Crippen LogP contribution in [0.5, 0.6) is 5.75 Å². The molecule has 5 rings (SSSR count). The number of anilines is 3. The van der Waals surface area contributed by atoms with Crippen LogP contribution in [0.4, 0.5) is 26.7 Å². The third-order valence-electron chi connectivity index (χ3n) is 7.03. The summed E-state index contributed by atoms with van der Waals surface area (Å²) in [6.45, 7) is 2.99. The van der Waals surface area contributed by atoms with Gasteiger partial charge in [-0.15, -0.1) is 0 Å². The number of piperidine rings is 1. The maximum absolute atomic E-state index is 13.2. The molecule has 196 valence electrons. The molecule has 2 aliphatic rings. The first-order chi connectivity index (χ1) is 18.3. The molecule has 3 N–H and O–H groups in total. The molecule has 0 unspecified atom stereocenters. The number of ether oxygens (including phenoxy) is 1. The Bertz CT molecular complexity index is 1430. The van der Waals surface area contributed by atoms with Gasteiger partial charge in [0, 0.05) is 48.2 Å². The maximum Gasteiger partial charge on any atom is 0.323 e. The normalized spacial score (nSPS) is 17.7. The van der Waals surface area contributed by atoms with Crippen LogP contribution in [-0.4, -0.2) is 47.5 Å². The summed E-state index contributed by atoms with van der Waals surface area (Å²) in [5.41, 5.74) is 2.52. The summed E-state index contributed by atoms with van der Waals surface area (Å²) in [5.74, 6) is 0.810. The monoisotopic (exact) mass is 515 g/mol. The highest BCUT2D eigenvalue weighted by atomic mass is 16.5. The van der Waals surface area contributed by atoms with Gasteiger partial charge < -0.3 is 30.2 Å². The van der Waals surface area contributed by atoms with E-state index in [1.165, 1.54) is 6.92 Å². The predicted molar refractivity (Wildman–Crippen MR) is 144 cm³/mol. The molecule has 3 heterocycles. The molecule has 0 spiro atoms. The Hall–Kier alpha value is -4.60. The second-order valence-corrected chi connectivity index (χ2v) is 9.66. The van der Waals surface area contributed by atoms with Gasteiger partial charge in [0.05, 0.1) is 7.11 Å². The number of amides is 4. The Morgan fingerprint density at radius 3 is 2.21 bits per heavy atom. The molecule has 2 atom stereocenters. The number of carbonyl (C=O) groups excluding carboxylic acids is 3. The lowest BCUT2D eigenvalue weighted by Crippen LogP contribution is -2.50. The van der Waals surface area contributed by atoms with Crippen molar-refractivity contribution in [1.82, 2.24) is 9.47 Å². The Kier molecular flexibility index (Phi) is 6.87. The summed E-state index contributed by atoms with van der Waals surface area (Å²) in [5, 5.41) is 8.26. The zero-order valence-electron chi connectivity index (χ0n) is 21.2. The minimum absolute atomic E-state index is 0.0273. The number of nitrogens with zero attached hydrogens (tertiary/aromatic N) is 2. The summed E-state index contributed by atoms with van der Waals surface area (Å²) in [7, 11) is 1.59. The summed E-state index contributed by atoms with van der Waals surface area (Å²) in [6, 6.07) is 16.4. The Balaban J connectivity index is 1.25. The molecule has 0 radical (unpaired) electrons. The van der Waals surface area contributed by atoms with Crippen LogP contribution < -0.4 is 26.2 Å². The minimum Gasteiger partial charge on any atom is -0.497 e. The minimum atomic E-state index is -0.546. The van der Waals surface area contributed by atoms with Crippen molar-refractivity contribution in [3.63, 3.8) is 0 Å². The van der Waals surface area contributed by atoms with E-state index in [1.54, 1.807) is 71.2 Å². The van der Waals surface area contributed by atoms with Gasteiger partial charge >= 0.3 is 12.1 Å². The van der Waals surface area contributed by atoms with Crippen LogP contribution in [0.25, 0.3) is 0 Å². The lowest BCUT2D eigenvalue weighted by atomic mass is 9.83. The number of hydrogen-bond donors (Lipinski definition) is 3. The van der Waals surface area contributed by atoms with Crippen LogP contribution in [0.15, 0.2) is 65.5 Å². The third kappa shape index (κ3) is 5.24. The van der Waals surface area contributed by atoms with Crippen molar-refractivity contribution in [2.75, 3.05) is 36.1 Å². The molecule has 1 fully saturated rings. The number of benzene rings is 2. The van der Waals surface area contributed by atoms with Crippen molar-refractivity contribution >= 4 is 34.9 Å². The number of likely N-dealkylation sites (tertiary alicyclic amines) is 1. The number of hydrogen-bond acceptors (Lipinski definition) is 5. The SMILES string of the molecule is COc1ccc(NC(=O)N2C[C@@H]3C[C@H](C2)c2ccc(NC(=O)Nc4ccc(C(C)=O)cc4)c(=O)n2C3)cc1. The number of Topliss-reactive ketones (excluding diaryl/α,β-unsaturated/α-hetero) is 1. The van der Waals surface area contributed by atoms with Crippen LogP contribution >= 0.6 is 0 Å². The maximum atomic E-state index is 13.2. The van der Waals surface area contributed by atoms with Gasteiger partial charge in [0.25, 0.3) is 5.56 Å². The molecule has 4 amide bonds. The lowest BCUT2D eigenvalue weighted by molar-refractivity contribution is 0.101. The summed E-state index contributed by atoms with van der Waals surface area (Å²) >= 11 is 0. The lowest BCUT2D eigenvalue weighted by Gasteiger charge is -2.42. The van der Waals surface area contributed by atoms with E-state index in [0.717, 1.165) is 12.1 Å². The topological polar surface area (TPSA) is 122 Å². The van der Waals surface area contributed by atoms with E-state index in [1.807, 2.05) is 6.07 Å². The van der Waals surface area contributed by atoms with E-state index in [0.29, 0.717) is 42.3 Å². The van der Waals surface area contributed by atoms with Gasteiger partial charge in [-0.25, -0.2) is 9.59 Å². The second-order valence-electron chi connectivity index (χ2n) is 9.66. The molecule has 2 bridgehead atoms. The van der Waals surface area contributed by atoms with Gasteiger partial charge in [0.2, 0.25) is 0 Å². The van der Waals surface area contributed by atoms with Crippen molar-refractivity contribution in [1.29, 1.82) is 0 Å². The van der Waals surface area contributed by atoms with Crippen LogP contribution in [-0.2, 0) is 6.54 Å². The number of aromatic nitrogens is 1.